The number of ether oxygens (including phenoxy) is 1. The molecule has 1 aliphatic rings. The highest BCUT2D eigenvalue weighted by Crippen LogP contribution is 2.43. The predicted octanol–water partition coefficient (Wildman–Crippen LogP) is 1.20. The van der Waals surface area contributed by atoms with E-state index in [2.05, 4.69) is 15.3 Å². The van der Waals surface area contributed by atoms with Gasteiger partial charge < -0.3 is 10.1 Å². The molecule has 1 saturated carbocycles. The number of aromatic nitrogens is 2. The first-order valence-electron chi connectivity index (χ1n) is 5.36. The molecule has 0 bridgehead atoms. The third-order valence-electron chi connectivity index (χ3n) is 3.12. The molecule has 0 aliphatic heterocycles. The molecule has 4 heteroatoms. The summed E-state index contributed by atoms with van der Waals surface area (Å²) < 4.78 is 5.23. The van der Waals surface area contributed by atoms with Crippen molar-refractivity contribution in [2.45, 2.75) is 18.8 Å². The van der Waals surface area contributed by atoms with Crippen LogP contribution >= 0.6 is 0 Å². The molecule has 1 fully saturated rings. The van der Waals surface area contributed by atoms with Crippen molar-refractivity contribution in [3.05, 3.63) is 18.1 Å². The highest BCUT2D eigenvalue weighted by molar-refractivity contribution is 5.24. The zero-order valence-electron chi connectivity index (χ0n) is 9.23. The van der Waals surface area contributed by atoms with Gasteiger partial charge in [-0.3, -0.25) is 4.98 Å². The minimum atomic E-state index is 0.515. The van der Waals surface area contributed by atoms with Crippen LogP contribution in [0.2, 0.25) is 0 Å². The van der Waals surface area contributed by atoms with Gasteiger partial charge in [-0.15, -0.1) is 0 Å². The Morgan fingerprint density at radius 2 is 2.20 bits per heavy atom. The predicted molar refractivity (Wildman–Crippen MR) is 58.0 cm³/mol. The number of hydrogen-bond acceptors (Lipinski definition) is 4. The van der Waals surface area contributed by atoms with E-state index in [1.807, 2.05) is 7.05 Å². The average Bonchev–Trinajstić information content (AvgIpc) is 2.25. The molecule has 0 spiro atoms. The molecular formula is C11H17N3O. The second-order valence-electron chi connectivity index (χ2n) is 3.95. The third-order valence-corrected chi connectivity index (χ3v) is 3.12. The standard InChI is InChI=1S/C11H17N3O/c1-12-7-8-3-4-9(8)10-11(15-2)14-6-5-13-10/h5-6,8-9,12H,3-4,7H2,1-2H3. The van der Waals surface area contributed by atoms with Crippen molar-refractivity contribution in [1.29, 1.82) is 0 Å². The summed E-state index contributed by atoms with van der Waals surface area (Å²) >= 11 is 0. The molecule has 1 aliphatic carbocycles. The van der Waals surface area contributed by atoms with Gasteiger partial charge in [0.2, 0.25) is 5.88 Å². The number of hydrogen-bond donors (Lipinski definition) is 1. The molecule has 0 amide bonds. The van der Waals surface area contributed by atoms with Crippen LogP contribution in [0.1, 0.15) is 24.5 Å². The maximum atomic E-state index is 5.23. The van der Waals surface area contributed by atoms with Gasteiger partial charge in [-0.1, -0.05) is 0 Å². The van der Waals surface area contributed by atoms with E-state index in [0.717, 1.165) is 12.2 Å². The SMILES string of the molecule is CNCC1CCC1c1nccnc1OC. The van der Waals surface area contributed by atoms with Crippen molar-refractivity contribution in [2.24, 2.45) is 5.92 Å². The molecule has 0 radical (unpaired) electrons. The van der Waals surface area contributed by atoms with E-state index < -0.39 is 0 Å². The van der Waals surface area contributed by atoms with E-state index in [1.165, 1.54) is 12.8 Å². The van der Waals surface area contributed by atoms with Crippen LogP contribution in [-0.4, -0.2) is 30.7 Å². The van der Waals surface area contributed by atoms with Crippen LogP contribution in [0.15, 0.2) is 12.4 Å². The lowest BCUT2D eigenvalue weighted by atomic mass is 9.72. The van der Waals surface area contributed by atoms with E-state index in [-0.39, 0.29) is 0 Å². The Morgan fingerprint density at radius 3 is 2.80 bits per heavy atom. The minimum Gasteiger partial charge on any atom is -0.480 e. The van der Waals surface area contributed by atoms with Crippen molar-refractivity contribution in [3.8, 4) is 5.88 Å². The number of rotatable bonds is 4. The van der Waals surface area contributed by atoms with E-state index >= 15 is 0 Å². The van der Waals surface area contributed by atoms with E-state index in [9.17, 15) is 0 Å². The average molecular weight is 207 g/mol. The fraction of sp³-hybridized carbons (Fsp3) is 0.636. The second-order valence-corrected chi connectivity index (χ2v) is 3.95. The van der Waals surface area contributed by atoms with Crippen LogP contribution in [0.25, 0.3) is 0 Å². The molecule has 0 saturated heterocycles. The highest BCUT2D eigenvalue weighted by Gasteiger charge is 2.34. The van der Waals surface area contributed by atoms with Gasteiger partial charge in [0, 0.05) is 18.3 Å². The van der Waals surface area contributed by atoms with Crippen LogP contribution in [0.3, 0.4) is 0 Å². The third kappa shape index (κ3) is 1.95. The summed E-state index contributed by atoms with van der Waals surface area (Å²) in [5.41, 5.74) is 1.02. The summed E-state index contributed by atoms with van der Waals surface area (Å²) in [6.07, 6.45) is 5.88. The molecule has 1 aromatic heterocycles. The first-order valence-corrected chi connectivity index (χ1v) is 5.36. The number of methoxy groups -OCH3 is 1. The summed E-state index contributed by atoms with van der Waals surface area (Å²) in [4.78, 5) is 8.58. The van der Waals surface area contributed by atoms with Crippen LogP contribution < -0.4 is 10.1 Å². The van der Waals surface area contributed by atoms with E-state index in [0.29, 0.717) is 17.7 Å². The van der Waals surface area contributed by atoms with Crippen molar-refractivity contribution in [2.75, 3.05) is 20.7 Å². The number of nitrogens with one attached hydrogen (secondary N) is 1. The Bertz CT molecular complexity index is 329. The van der Waals surface area contributed by atoms with Crippen molar-refractivity contribution < 1.29 is 4.74 Å². The van der Waals surface area contributed by atoms with Gasteiger partial charge >= 0.3 is 0 Å². The molecule has 2 unspecified atom stereocenters. The molecule has 2 rings (SSSR count). The molecule has 82 valence electrons. The van der Waals surface area contributed by atoms with Gasteiger partial charge in [0.25, 0.3) is 0 Å². The van der Waals surface area contributed by atoms with Gasteiger partial charge in [0.15, 0.2) is 0 Å². The summed E-state index contributed by atoms with van der Waals surface area (Å²) in [6, 6.07) is 0. The molecule has 1 N–H and O–H groups in total. The van der Waals surface area contributed by atoms with Crippen molar-refractivity contribution >= 4 is 0 Å². The van der Waals surface area contributed by atoms with Crippen molar-refractivity contribution in [1.82, 2.24) is 15.3 Å². The summed E-state index contributed by atoms with van der Waals surface area (Å²) in [5.74, 6) is 1.88. The second kappa shape index (κ2) is 4.57. The molecule has 4 nitrogen and oxygen atoms in total. The number of nitrogens with zero attached hydrogens (tertiary/aromatic N) is 2. The Kier molecular flexibility index (Phi) is 3.16. The Balaban J connectivity index is 2.15. The lowest BCUT2D eigenvalue weighted by Gasteiger charge is -2.36. The maximum absolute atomic E-state index is 5.23. The maximum Gasteiger partial charge on any atom is 0.235 e. The van der Waals surface area contributed by atoms with Crippen molar-refractivity contribution in [3.63, 3.8) is 0 Å². The van der Waals surface area contributed by atoms with Gasteiger partial charge in [-0.2, -0.15) is 0 Å². The molecule has 15 heavy (non-hydrogen) atoms. The lowest BCUT2D eigenvalue weighted by Crippen LogP contribution is -2.33. The molecule has 0 aromatic carbocycles. The Morgan fingerprint density at radius 1 is 1.40 bits per heavy atom. The van der Waals surface area contributed by atoms with Gasteiger partial charge in [-0.25, -0.2) is 4.98 Å². The van der Waals surface area contributed by atoms with Crippen LogP contribution in [-0.2, 0) is 0 Å². The minimum absolute atomic E-state index is 0.515. The Hall–Kier alpha value is -1.16. The first-order chi connectivity index (χ1) is 7.36. The highest BCUT2D eigenvalue weighted by atomic mass is 16.5. The summed E-state index contributed by atoms with van der Waals surface area (Å²) in [5, 5.41) is 3.22. The van der Waals surface area contributed by atoms with Gasteiger partial charge in [0.05, 0.1) is 7.11 Å². The zero-order valence-corrected chi connectivity index (χ0v) is 9.23. The summed E-state index contributed by atoms with van der Waals surface area (Å²) in [6.45, 7) is 1.05. The molecular weight excluding hydrogens is 190 g/mol. The van der Waals surface area contributed by atoms with E-state index in [4.69, 9.17) is 4.74 Å². The fourth-order valence-corrected chi connectivity index (χ4v) is 2.18. The largest absolute Gasteiger partial charge is 0.480 e. The van der Waals surface area contributed by atoms with Crippen LogP contribution in [0.5, 0.6) is 5.88 Å². The van der Waals surface area contributed by atoms with Gasteiger partial charge in [-0.05, 0) is 32.4 Å². The normalized spacial score (nSPS) is 24.7. The Labute approximate surface area is 90.1 Å². The van der Waals surface area contributed by atoms with Gasteiger partial charge in [0.1, 0.15) is 5.69 Å². The fourth-order valence-electron chi connectivity index (χ4n) is 2.18. The summed E-state index contributed by atoms with van der Waals surface area (Å²) in [7, 11) is 3.64. The first kappa shape index (κ1) is 10.4. The molecule has 1 aromatic rings. The lowest BCUT2D eigenvalue weighted by molar-refractivity contribution is 0.237. The zero-order chi connectivity index (χ0) is 10.7. The molecule has 1 heterocycles. The monoisotopic (exact) mass is 207 g/mol. The van der Waals surface area contributed by atoms with Crippen LogP contribution in [0.4, 0.5) is 0 Å². The quantitative estimate of drug-likeness (QED) is 0.806. The topological polar surface area (TPSA) is 47.0 Å². The molecule has 2 atom stereocenters. The smallest absolute Gasteiger partial charge is 0.235 e. The van der Waals surface area contributed by atoms with Crippen LogP contribution in [0, 0.1) is 5.92 Å². The van der Waals surface area contributed by atoms with E-state index in [1.54, 1.807) is 19.5 Å².